The molecule has 1 unspecified atom stereocenters. The van der Waals surface area contributed by atoms with Gasteiger partial charge in [0, 0.05) is 24.0 Å². The summed E-state index contributed by atoms with van der Waals surface area (Å²) in [5, 5.41) is 7.90. The molecule has 2 aromatic rings. The summed E-state index contributed by atoms with van der Waals surface area (Å²) in [4.78, 5) is 0. The number of likely N-dealkylation sites (N-methyl/N-ethyl adjacent to an activating group) is 1. The first kappa shape index (κ1) is 16.7. The van der Waals surface area contributed by atoms with E-state index in [4.69, 9.17) is 0 Å². The van der Waals surface area contributed by atoms with Crippen LogP contribution in [0.2, 0.25) is 0 Å². The maximum atomic E-state index is 4.59. The first-order chi connectivity index (χ1) is 10.1. The minimum absolute atomic E-state index is 0.420. The molecule has 0 spiro atoms. The first-order valence-electron chi connectivity index (χ1n) is 7.17. The zero-order chi connectivity index (χ0) is 15.4. The molecule has 1 aromatic carbocycles. The Hall–Kier alpha value is -0.650. The van der Waals surface area contributed by atoms with Crippen LogP contribution in [0.25, 0.3) is 0 Å². The molecule has 0 bridgehead atoms. The summed E-state index contributed by atoms with van der Waals surface area (Å²) in [7, 11) is 4.03. The Bertz CT molecular complexity index is 608. The molecule has 5 heteroatoms. The van der Waals surface area contributed by atoms with Crippen LogP contribution < -0.4 is 5.32 Å². The minimum atomic E-state index is 0.420. The van der Waals surface area contributed by atoms with E-state index < -0.39 is 0 Å². The summed E-state index contributed by atoms with van der Waals surface area (Å²) >= 11 is 7.28. The highest BCUT2D eigenvalue weighted by atomic mass is 79.9. The fourth-order valence-corrected chi connectivity index (χ4v) is 3.78. The summed E-state index contributed by atoms with van der Waals surface area (Å²) in [6.07, 6.45) is 1.91. The van der Waals surface area contributed by atoms with Crippen LogP contribution >= 0.6 is 31.9 Å². The standard InChI is InChI=1S/C16H21Br2N3/c1-4-14-16(18)15(21(3)20-14)9-12(10-19-2)11-6-5-7-13(17)8-11/h5-8,12,19H,4,9-10H2,1-3H3. The second-order valence-electron chi connectivity index (χ2n) is 5.20. The SMILES string of the molecule is CCc1nn(C)c(CC(CNC)c2cccc(Br)c2)c1Br. The van der Waals surface area contributed by atoms with Crippen LogP contribution in [-0.2, 0) is 19.9 Å². The zero-order valence-electron chi connectivity index (χ0n) is 12.7. The van der Waals surface area contributed by atoms with Gasteiger partial charge in [0.1, 0.15) is 0 Å². The molecule has 114 valence electrons. The van der Waals surface area contributed by atoms with Crippen LogP contribution in [-0.4, -0.2) is 23.4 Å². The molecule has 2 rings (SSSR count). The lowest BCUT2D eigenvalue weighted by atomic mass is 9.94. The fourth-order valence-electron chi connectivity index (χ4n) is 2.59. The molecule has 1 aromatic heterocycles. The molecule has 0 amide bonds. The zero-order valence-corrected chi connectivity index (χ0v) is 15.8. The number of halogens is 2. The van der Waals surface area contributed by atoms with Gasteiger partial charge in [-0.25, -0.2) is 0 Å². The van der Waals surface area contributed by atoms with Gasteiger partial charge in [-0.3, -0.25) is 4.68 Å². The lowest BCUT2D eigenvalue weighted by Gasteiger charge is -2.18. The summed E-state index contributed by atoms with van der Waals surface area (Å²) in [6.45, 7) is 3.08. The molecule has 1 N–H and O–H groups in total. The van der Waals surface area contributed by atoms with Crippen LogP contribution in [0.3, 0.4) is 0 Å². The predicted octanol–water partition coefficient (Wildman–Crippen LogP) is 4.05. The highest BCUT2D eigenvalue weighted by Crippen LogP contribution is 2.28. The van der Waals surface area contributed by atoms with Crippen molar-refractivity contribution in [3.63, 3.8) is 0 Å². The quantitative estimate of drug-likeness (QED) is 0.772. The largest absolute Gasteiger partial charge is 0.319 e. The van der Waals surface area contributed by atoms with E-state index in [1.165, 1.54) is 11.3 Å². The van der Waals surface area contributed by atoms with E-state index in [1.54, 1.807) is 0 Å². The van der Waals surface area contributed by atoms with Gasteiger partial charge in [0.15, 0.2) is 0 Å². The molecule has 0 saturated heterocycles. The summed E-state index contributed by atoms with van der Waals surface area (Å²) in [5.74, 6) is 0.420. The number of aromatic nitrogens is 2. The molecular weight excluding hydrogens is 394 g/mol. The molecule has 0 fully saturated rings. The molecule has 1 heterocycles. The molecule has 1 atom stereocenters. The van der Waals surface area contributed by atoms with Crippen molar-refractivity contribution in [2.24, 2.45) is 7.05 Å². The van der Waals surface area contributed by atoms with Gasteiger partial charge in [-0.1, -0.05) is 35.0 Å². The Morgan fingerprint density at radius 3 is 2.67 bits per heavy atom. The number of nitrogens with one attached hydrogen (secondary N) is 1. The Morgan fingerprint density at radius 1 is 1.33 bits per heavy atom. The predicted molar refractivity (Wildman–Crippen MR) is 94.8 cm³/mol. The van der Waals surface area contributed by atoms with Gasteiger partial charge in [0.2, 0.25) is 0 Å². The number of hydrogen-bond acceptors (Lipinski definition) is 2. The van der Waals surface area contributed by atoms with E-state index in [0.29, 0.717) is 5.92 Å². The first-order valence-corrected chi connectivity index (χ1v) is 8.75. The molecule has 0 aliphatic carbocycles. The van der Waals surface area contributed by atoms with Crippen LogP contribution in [0.15, 0.2) is 33.2 Å². The normalized spacial score (nSPS) is 12.6. The molecular formula is C16H21Br2N3. The fraction of sp³-hybridized carbons (Fsp3) is 0.438. The molecule has 0 aliphatic rings. The molecule has 0 aliphatic heterocycles. The van der Waals surface area contributed by atoms with Gasteiger partial charge in [0.05, 0.1) is 15.9 Å². The van der Waals surface area contributed by atoms with Gasteiger partial charge in [0.25, 0.3) is 0 Å². The van der Waals surface area contributed by atoms with Gasteiger partial charge in [-0.05, 0) is 53.5 Å². The summed E-state index contributed by atoms with van der Waals surface area (Å²) in [5.41, 5.74) is 3.72. The maximum Gasteiger partial charge on any atom is 0.0766 e. The van der Waals surface area contributed by atoms with Crippen LogP contribution in [0.4, 0.5) is 0 Å². The summed E-state index contributed by atoms with van der Waals surface area (Å²) < 4.78 is 4.28. The van der Waals surface area contributed by atoms with Crippen LogP contribution in [0, 0.1) is 0 Å². The van der Waals surface area contributed by atoms with Gasteiger partial charge < -0.3 is 5.32 Å². The third-order valence-corrected chi connectivity index (χ3v) is 5.12. The van der Waals surface area contributed by atoms with E-state index in [2.05, 4.69) is 73.5 Å². The molecule has 3 nitrogen and oxygen atoms in total. The maximum absolute atomic E-state index is 4.59. The van der Waals surface area contributed by atoms with Crippen LogP contribution in [0.1, 0.15) is 29.8 Å². The van der Waals surface area contributed by atoms with Crippen LogP contribution in [0.5, 0.6) is 0 Å². The second-order valence-corrected chi connectivity index (χ2v) is 6.91. The van der Waals surface area contributed by atoms with E-state index in [-0.39, 0.29) is 0 Å². The second kappa shape index (κ2) is 7.56. The van der Waals surface area contributed by atoms with Gasteiger partial charge >= 0.3 is 0 Å². The smallest absolute Gasteiger partial charge is 0.0766 e. The van der Waals surface area contributed by atoms with Crippen molar-refractivity contribution in [3.8, 4) is 0 Å². The van der Waals surface area contributed by atoms with Crippen molar-refractivity contribution in [2.75, 3.05) is 13.6 Å². The van der Waals surface area contributed by atoms with Gasteiger partial charge in [-0.15, -0.1) is 0 Å². The number of aryl methyl sites for hydroxylation is 2. The Morgan fingerprint density at radius 2 is 2.10 bits per heavy atom. The van der Waals surface area contributed by atoms with Crippen molar-refractivity contribution in [2.45, 2.75) is 25.7 Å². The highest BCUT2D eigenvalue weighted by molar-refractivity contribution is 9.10. The number of benzene rings is 1. The van der Waals surface area contributed by atoms with Crippen molar-refractivity contribution < 1.29 is 0 Å². The van der Waals surface area contributed by atoms with E-state index in [1.807, 2.05) is 18.8 Å². The lowest BCUT2D eigenvalue weighted by molar-refractivity contribution is 0.589. The van der Waals surface area contributed by atoms with E-state index in [9.17, 15) is 0 Å². The van der Waals surface area contributed by atoms with Gasteiger partial charge in [-0.2, -0.15) is 5.10 Å². The molecule has 0 radical (unpaired) electrons. The van der Waals surface area contributed by atoms with Crippen molar-refractivity contribution >= 4 is 31.9 Å². The van der Waals surface area contributed by atoms with E-state index in [0.717, 1.165) is 34.0 Å². The van der Waals surface area contributed by atoms with Crippen molar-refractivity contribution in [3.05, 3.63) is 50.2 Å². The average molecular weight is 415 g/mol. The van der Waals surface area contributed by atoms with Crippen molar-refractivity contribution in [1.29, 1.82) is 0 Å². The number of rotatable bonds is 6. The van der Waals surface area contributed by atoms with E-state index >= 15 is 0 Å². The number of hydrogen-bond donors (Lipinski definition) is 1. The summed E-state index contributed by atoms with van der Waals surface area (Å²) in [6, 6.07) is 8.55. The Labute approximate surface area is 143 Å². The third kappa shape index (κ3) is 3.96. The lowest BCUT2D eigenvalue weighted by Crippen LogP contribution is -2.20. The number of nitrogens with zero attached hydrogens (tertiary/aromatic N) is 2. The minimum Gasteiger partial charge on any atom is -0.319 e. The van der Waals surface area contributed by atoms with Crippen molar-refractivity contribution in [1.82, 2.24) is 15.1 Å². The molecule has 0 saturated carbocycles. The average Bonchev–Trinajstić information content (AvgIpc) is 2.74. The third-order valence-electron chi connectivity index (χ3n) is 3.71. The monoisotopic (exact) mass is 413 g/mol. The Kier molecular flexibility index (Phi) is 6.02. The topological polar surface area (TPSA) is 29.9 Å². The highest BCUT2D eigenvalue weighted by Gasteiger charge is 2.19. The Balaban J connectivity index is 2.30. The molecule has 21 heavy (non-hydrogen) atoms.